The van der Waals surface area contributed by atoms with Gasteiger partial charge in [0.25, 0.3) is 0 Å². The van der Waals surface area contributed by atoms with Crippen LogP contribution in [-0.4, -0.2) is 81.0 Å². The molecule has 0 aliphatic carbocycles. The highest BCUT2D eigenvalue weighted by Gasteiger charge is 2.37. The number of rotatable bonds is 14. The largest absolute Gasteiger partial charge is 0.495 e. The number of methoxy groups -OCH3 is 1. The van der Waals surface area contributed by atoms with Crippen LogP contribution in [0.2, 0.25) is 0 Å². The van der Waals surface area contributed by atoms with E-state index in [0.717, 1.165) is 69.8 Å². The van der Waals surface area contributed by atoms with Crippen molar-refractivity contribution in [1.29, 1.82) is 0 Å². The molecule has 12 heteroatoms. The first kappa shape index (κ1) is 37.2. The molecule has 2 aromatic rings. The Morgan fingerprint density at radius 2 is 1.68 bits per heavy atom. The topological polar surface area (TPSA) is 132 Å². The molecule has 2 heterocycles. The van der Waals surface area contributed by atoms with E-state index >= 15 is 0 Å². The number of amides is 2. The van der Waals surface area contributed by atoms with Gasteiger partial charge in [0.2, 0.25) is 0 Å². The number of urea groups is 1. The molecular formula is C35H48ClN5O6. The molecule has 2 aliphatic rings. The Balaban J connectivity index is 0.00000600. The minimum atomic E-state index is -1.13. The van der Waals surface area contributed by atoms with Crippen molar-refractivity contribution in [2.75, 3.05) is 63.2 Å². The third-order valence-electron chi connectivity index (χ3n) is 8.40. The normalized spacial score (nSPS) is 16.6. The van der Waals surface area contributed by atoms with E-state index in [-0.39, 0.29) is 36.2 Å². The van der Waals surface area contributed by atoms with Crippen LogP contribution in [0, 0.1) is 0 Å². The van der Waals surface area contributed by atoms with Gasteiger partial charge in [-0.15, -0.1) is 12.4 Å². The van der Waals surface area contributed by atoms with E-state index in [2.05, 4.69) is 38.7 Å². The van der Waals surface area contributed by atoms with Crippen molar-refractivity contribution in [3.63, 3.8) is 0 Å². The van der Waals surface area contributed by atoms with Gasteiger partial charge in [-0.3, -0.25) is 4.90 Å². The van der Waals surface area contributed by atoms with E-state index in [0.29, 0.717) is 29.2 Å². The molecule has 1 saturated heterocycles. The van der Waals surface area contributed by atoms with E-state index < -0.39 is 17.9 Å². The number of allylic oxidation sites excluding steroid dienone is 2. The number of anilines is 2. The number of nitrogens with one attached hydrogen (secondary N) is 3. The molecule has 47 heavy (non-hydrogen) atoms. The molecule has 256 valence electrons. The van der Waals surface area contributed by atoms with Gasteiger partial charge in [-0.05, 0) is 63.1 Å². The summed E-state index contributed by atoms with van der Waals surface area (Å²) < 4.78 is 11.1. The van der Waals surface area contributed by atoms with E-state index in [1.54, 1.807) is 45.2 Å². The number of benzene rings is 2. The number of esters is 1. The summed E-state index contributed by atoms with van der Waals surface area (Å²) in [5, 5.41) is 18.9. The van der Waals surface area contributed by atoms with Gasteiger partial charge < -0.3 is 35.4 Å². The standard InChI is InChI=1S/C35H47N5O6.ClH/c1-5-6-9-22-46-34(43)31-25(3)37-24(2)30(33(41)42)32(31)26-12-10-13-27(23-26)38-35(44)36-16-11-17-39-18-20-40(21-19-39)28-14-7-8-15-29(28)45-4;/h7-8,10,12-15,23,32,37H,5-6,9,11,16-22H2,1-4H3,(H,41,42)(H2,36,38,44);1H. The fourth-order valence-corrected chi connectivity index (χ4v) is 6.06. The lowest BCUT2D eigenvalue weighted by Crippen LogP contribution is -2.47. The molecule has 2 aliphatic heterocycles. The van der Waals surface area contributed by atoms with Gasteiger partial charge in [0.1, 0.15) is 5.75 Å². The number of hydrogen-bond donors (Lipinski definition) is 4. The second-order valence-corrected chi connectivity index (χ2v) is 11.6. The Bertz CT molecular complexity index is 1450. The van der Waals surface area contributed by atoms with Crippen LogP contribution in [-0.2, 0) is 14.3 Å². The maximum absolute atomic E-state index is 13.2. The quantitative estimate of drug-likeness (QED) is 0.152. The zero-order chi connectivity index (χ0) is 33.1. The van der Waals surface area contributed by atoms with Crippen LogP contribution in [0.15, 0.2) is 71.1 Å². The number of hydrogen-bond acceptors (Lipinski definition) is 8. The second kappa shape index (κ2) is 18.2. The van der Waals surface area contributed by atoms with Gasteiger partial charge in [0.05, 0.1) is 36.5 Å². The van der Waals surface area contributed by atoms with Gasteiger partial charge in [0, 0.05) is 49.8 Å². The van der Waals surface area contributed by atoms with Gasteiger partial charge in [0.15, 0.2) is 0 Å². The molecule has 0 saturated carbocycles. The van der Waals surface area contributed by atoms with Crippen LogP contribution < -0.4 is 25.6 Å². The molecule has 0 aromatic heterocycles. The molecular weight excluding hydrogens is 622 g/mol. The molecule has 1 atom stereocenters. The van der Waals surface area contributed by atoms with Gasteiger partial charge in [-0.1, -0.05) is 44.0 Å². The lowest BCUT2D eigenvalue weighted by molar-refractivity contribution is -0.139. The Labute approximate surface area is 283 Å². The number of carboxylic acid groups (broad SMARTS) is 1. The smallest absolute Gasteiger partial charge is 0.336 e. The van der Waals surface area contributed by atoms with Crippen molar-refractivity contribution in [3.05, 3.63) is 76.6 Å². The van der Waals surface area contributed by atoms with Crippen molar-refractivity contribution < 1.29 is 29.0 Å². The van der Waals surface area contributed by atoms with Crippen LogP contribution in [0.4, 0.5) is 16.2 Å². The summed E-state index contributed by atoms with van der Waals surface area (Å²) in [4.78, 5) is 43.1. The maximum Gasteiger partial charge on any atom is 0.336 e. The molecule has 4 N–H and O–H groups in total. The first-order chi connectivity index (χ1) is 22.2. The Morgan fingerprint density at radius 1 is 0.957 bits per heavy atom. The SMILES string of the molecule is CCCCCOC(=O)C1=C(C)NC(C)=C(C(=O)O)C1c1cccc(NC(=O)NCCCN2CCN(c3ccccc3OC)CC2)c1.Cl. The van der Waals surface area contributed by atoms with Crippen LogP contribution >= 0.6 is 12.4 Å². The number of carbonyl (C=O) groups is 3. The lowest BCUT2D eigenvalue weighted by Gasteiger charge is -2.36. The van der Waals surface area contributed by atoms with Crippen LogP contribution in [0.25, 0.3) is 0 Å². The highest BCUT2D eigenvalue weighted by Crippen LogP contribution is 2.39. The average molecular weight is 670 g/mol. The fourth-order valence-electron chi connectivity index (χ4n) is 6.06. The summed E-state index contributed by atoms with van der Waals surface area (Å²) in [6.45, 7) is 10.8. The molecule has 1 fully saturated rings. The monoisotopic (exact) mass is 669 g/mol. The number of para-hydroxylation sites is 2. The van der Waals surface area contributed by atoms with Crippen molar-refractivity contribution >= 4 is 41.8 Å². The highest BCUT2D eigenvalue weighted by atomic mass is 35.5. The summed E-state index contributed by atoms with van der Waals surface area (Å²) in [7, 11) is 1.69. The minimum Gasteiger partial charge on any atom is -0.495 e. The molecule has 2 aromatic carbocycles. The molecule has 1 unspecified atom stereocenters. The summed E-state index contributed by atoms with van der Waals surface area (Å²) in [5.74, 6) is -1.65. The Kier molecular flexibility index (Phi) is 14.4. The average Bonchev–Trinajstić information content (AvgIpc) is 3.05. The van der Waals surface area contributed by atoms with Crippen LogP contribution in [0.5, 0.6) is 5.75 Å². The lowest BCUT2D eigenvalue weighted by atomic mass is 9.80. The van der Waals surface area contributed by atoms with Crippen molar-refractivity contribution in [2.45, 2.75) is 52.4 Å². The number of carbonyl (C=O) groups excluding carboxylic acids is 2. The van der Waals surface area contributed by atoms with Gasteiger partial charge in [-0.2, -0.15) is 0 Å². The number of piperazine rings is 1. The molecule has 2 amide bonds. The predicted octanol–water partition coefficient (Wildman–Crippen LogP) is 5.50. The number of ether oxygens (including phenoxy) is 2. The highest BCUT2D eigenvalue weighted by molar-refractivity contribution is 5.99. The first-order valence-electron chi connectivity index (χ1n) is 16.1. The van der Waals surface area contributed by atoms with Crippen molar-refractivity contribution in [3.8, 4) is 5.75 Å². The number of carboxylic acids is 1. The summed E-state index contributed by atoms with van der Waals surface area (Å²) >= 11 is 0. The van der Waals surface area contributed by atoms with Gasteiger partial charge in [-0.25, -0.2) is 14.4 Å². The molecule has 11 nitrogen and oxygen atoms in total. The molecule has 4 rings (SSSR count). The number of dihydropyridines is 1. The number of aliphatic carboxylic acids is 1. The van der Waals surface area contributed by atoms with E-state index in [1.807, 2.05) is 18.2 Å². The van der Waals surface area contributed by atoms with Crippen molar-refractivity contribution in [1.82, 2.24) is 15.5 Å². The van der Waals surface area contributed by atoms with Crippen LogP contribution in [0.1, 0.15) is 57.9 Å². The van der Waals surface area contributed by atoms with Crippen LogP contribution in [0.3, 0.4) is 0 Å². The first-order valence-corrected chi connectivity index (χ1v) is 16.1. The van der Waals surface area contributed by atoms with E-state index in [9.17, 15) is 19.5 Å². The summed E-state index contributed by atoms with van der Waals surface area (Å²) in [6.07, 6.45) is 3.47. The Morgan fingerprint density at radius 3 is 2.38 bits per heavy atom. The fraction of sp³-hybridized carbons (Fsp3) is 0.457. The summed E-state index contributed by atoms with van der Waals surface area (Å²) in [5.41, 5.74) is 3.50. The number of unbranched alkanes of at least 4 members (excludes halogenated alkanes) is 2. The van der Waals surface area contributed by atoms with Gasteiger partial charge >= 0.3 is 18.0 Å². The third-order valence-corrected chi connectivity index (χ3v) is 8.40. The molecule has 0 radical (unpaired) electrons. The molecule has 0 spiro atoms. The zero-order valence-electron chi connectivity index (χ0n) is 27.8. The number of nitrogens with zero attached hydrogens (tertiary/aromatic N) is 2. The predicted molar refractivity (Wildman–Crippen MR) is 186 cm³/mol. The second-order valence-electron chi connectivity index (χ2n) is 11.6. The van der Waals surface area contributed by atoms with E-state index in [1.165, 1.54) is 0 Å². The minimum absolute atomic E-state index is 0. The maximum atomic E-state index is 13.2. The zero-order valence-corrected chi connectivity index (χ0v) is 28.6. The third kappa shape index (κ3) is 9.89. The number of halogens is 1. The Hall–Kier alpha value is -4.22. The van der Waals surface area contributed by atoms with E-state index in [4.69, 9.17) is 9.47 Å². The molecule has 0 bridgehead atoms. The van der Waals surface area contributed by atoms with Crippen molar-refractivity contribution in [2.24, 2.45) is 0 Å². The summed E-state index contributed by atoms with van der Waals surface area (Å²) in [6, 6.07) is 14.7.